The summed E-state index contributed by atoms with van der Waals surface area (Å²) >= 11 is 0. The lowest BCUT2D eigenvalue weighted by atomic mass is 9.80. The van der Waals surface area contributed by atoms with Gasteiger partial charge in [-0.15, -0.1) is 0 Å². The molecule has 1 aliphatic rings. The predicted molar refractivity (Wildman–Crippen MR) is 72.3 cm³/mol. The van der Waals surface area contributed by atoms with Gasteiger partial charge in [0.2, 0.25) is 0 Å². The third-order valence-electron chi connectivity index (χ3n) is 4.18. The van der Waals surface area contributed by atoms with Crippen molar-refractivity contribution >= 4 is 11.6 Å². The fraction of sp³-hybridized carbons (Fsp3) is 0.615. The van der Waals surface area contributed by atoms with Gasteiger partial charge in [0.05, 0.1) is 5.60 Å². The van der Waals surface area contributed by atoms with E-state index in [4.69, 9.17) is 4.74 Å². The molecule has 1 saturated carbocycles. The van der Waals surface area contributed by atoms with Crippen LogP contribution in [0, 0.1) is 13.8 Å². The summed E-state index contributed by atoms with van der Waals surface area (Å²) in [5.74, 6) is 1.59. The van der Waals surface area contributed by atoms with Gasteiger partial charge >= 0.3 is 0 Å². The summed E-state index contributed by atoms with van der Waals surface area (Å²) in [6.45, 7) is 4.83. The Kier molecular flexibility index (Phi) is 2.89. The van der Waals surface area contributed by atoms with Crippen LogP contribution in [-0.2, 0) is 4.74 Å². The van der Waals surface area contributed by atoms with Gasteiger partial charge in [0.1, 0.15) is 12.1 Å². The van der Waals surface area contributed by atoms with E-state index in [-0.39, 0.29) is 5.60 Å². The molecule has 19 heavy (non-hydrogen) atoms. The minimum Gasteiger partial charge on any atom is -0.376 e. The Morgan fingerprint density at radius 3 is 2.84 bits per heavy atom. The second-order valence-electron chi connectivity index (χ2n) is 5.24. The molecule has 0 atom stereocenters. The van der Waals surface area contributed by atoms with E-state index in [1.54, 1.807) is 11.6 Å². The molecular formula is C13H19N5O. The summed E-state index contributed by atoms with van der Waals surface area (Å²) in [7, 11) is 1.79. The lowest BCUT2D eigenvalue weighted by Gasteiger charge is -2.40. The van der Waals surface area contributed by atoms with Gasteiger partial charge in [0.15, 0.2) is 0 Å². The number of nitrogens with one attached hydrogen (secondary N) is 1. The molecule has 1 N–H and O–H groups in total. The van der Waals surface area contributed by atoms with Crippen LogP contribution in [0.5, 0.6) is 0 Å². The highest BCUT2D eigenvalue weighted by Gasteiger charge is 2.37. The molecule has 1 fully saturated rings. The highest BCUT2D eigenvalue weighted by molar-refractivity contribution is 5.52. The van der Waals surface area contributed by atoms with Crippen LogP contribution in [0.25, 0.3) is 5.78 Å². The molecule has 1 aliphatic carbocycles. The van der Waals surface area contributed by atoms with Crippen molar-refractivity contribution in [3.05, 3.63) is 17.6 Å². The molecule has 2 heterocycles. The molecule has 6 nitrogen and oxygen atoms in total. The molecule has 3 rings (SSSR count). The number of rotatable bonds is 4. The Hall–Kier alpha value is -1.69. The molecule has 0 spiro atoms. The Morgan fingerprint density at radius 2 is 2.21 bits per heavy atom. The molecule has 2 aromatic rings. The van der Waals surface area contributed by atoms with Gasteiger partial charge in [-0.2, -0.15) is 14.6 Å². The number of aryl methyl sites for hydroxylation is 1. The van der Waals surface area contributed by atoms with Crippen molar-refractivity contribution in [2.24, 2.45) is 0 Å². The average molecular weight is 261 g/mol. The van der Waals surface area contributed by atoms with Crippen LogP contribution < -0.4 is 5.32 Å². The van der Waals surface area contributed by atoms with Crippen LogP contribution in [0.3, 0.4) is 0 Å². The molecule has 0 bridgehead atoms. The molecule has 6 heteroatoms. The number of anilines is 1. The number of fused-ring (bicyclic) bond motifs is 1. The maximum Gasteiger partial charge on any atom is 0.254 e. The molecule has 0 aromatic carbocycles. The molecule has 0 radical (unpaired) electrons. The van der Waals surface area contributed by atoms with Crippen molar-refractivity contribution in [3.63, 3.8) is 0 Å². The van der Waals surface area contributed by atoms with Crippen LogP contribution in [0.4, 0.5) is 5.82 Å². The maximum atomic E-state index is 5.64. The normalized spacial score (nSPS) is 17.4. The number of ether oxygens (including phenoxy) is 1. The molecule has 0 saturated heterocycles. The Bertz CT molecular complexity index is 597. The number of aromatic nitrogens is 4. The number of methoxy groups -OCH3 is 1. The first kappa shape index (κ1) is 12.3. The van der Waals surface area contributed by atoms with E-state index in [0.717, 1.165) is 36.5 Å². The third kappa shape index (κ3) is 1.96. The smallest absolute Gasteiger partial charge is 0.254 e. The van der Waals surface area contributed by atoms with Crippen molar-refractivity contribution in [3.8, 4) is 0 Å². The largest absolute Gasteiger partial charge is 0.376 e. The van der Waals surface area contributed by atoms with Gasteiger partial charge < -0.3 is 10.1 Å². The summed E-state index contributed by atoms with van der Waals surface area (Å²) in [6.07, 6.45) is 4.99. The molecular weight excluding hydrogens is 242 g/mol. The number of hydrogen-bond acceptors (Lipinski definition) is 5. The second kappa shape index (κ2) is 4.45. The average Bonchev–Trinajstić information content (AvgIpc) is 2.80. The van der Waals surface area contributed by atoms with Gasteiger partial charge in [-0.05, 0) is 33.1 Å². The van der Waals surface area contributed by atoms with E-state index in [1.807, 2.05) is 13.8 Å². The van der Waals surface area contributed by atoms with Gasteiger partial charge in [-0.25, -0.2) is 4.98 Å². The highest BCUT2D eigenvalue weighted by atomic mass is 16.5. The first-order valence-corrected chi connectivity index (χ1v) is 6.61. The molecule has 0 amide bonds. The van der Waals surface area contributed by atoms with Crippen molar-refractivity contribution in [2.75, 3.05) is 19.0 Å². The summed E-state index contributed by atoms with van der Waals surface area (Å²) in [4.78, 5) is 8.56. The van der Waals surface area contributed by atoms with Crippen LogP contribution in [0.1, 0.15) is 30.5 Å². The molecule has 0 aliphatic heterocycles. The van der Waals surface area contributed by atoms with E-state index in [9.17, 15) is 0 Å². The lowest BCUT2D eigenvalue weighted by Crippen LogP contribution is -2.45. The highest BCUT2D eigenvalue weighted by Crippen LogP contribution is 2.35. The predicted octanol–water partition coefficient (Wildman–Crippen LogP) is 1.72. The monoisotopic (exact) mass is 261 g/mol. The lowest BCUT2D eigenvalue weighted by molar-refractivity contribution is -0.0602. The van der Waals surface area contributed by atoms with Crippen LogP contribution in [0.15, 0.2) is 6.33 Å². The van der Waals surface area contributed by atoms with Crippen LogP contribution in [0.2, 0.25) is 0 Å². The first-order chi connectivity index (χ1) is 9.15. The van der Waals surface area contributed by atoms with Crippen molar-refractivity contribution in [1.82, 2.24) is 19.6 Å². The van der Waals surface area contributed by atoms with Gasteiger partial charge in [-0.1, -0.05) is 0 Å². The Labute approximate surface area is 112 Å². The van der Waals surface area contributed by atoms with E-state index in [2.05, 4.69) is 20.4 Å². The van der Waals surface area contributed by atoms with Crippen molar-refractivity contribution in [1.29, 1.82) is 0 Å². The van der Waals surface area contributed by atoms with E-state index >= 15 is 0 Å². The Balaban J connectivity index is 1.91. The molecule has 2 aromatic heterocycles. The zero-order chi connectivity index (χ0) is 13.5. The number of nitrogens with zero attached hydrogens (tertiary/aromatic N) is 4. The molecule has 0 unspecified atom stereocenters. The number of hydrogen-bond donors (Lipinski definition) is 1. The minimum atomic E-state index is -0.0173. The summed E-state index contributed by atoms with van der Waals surface area (Å²) in [6, 6.07) is 0. The zero-order valence-electron chi connectivity index (χ0n) is 11.6. The first-order valence-electron chi connectivity index (χ1n) is 6.61. The second-order valence-corrected chi connectivity index (χ2v) is 5.24. The molecule has 102 valence electrons. The fourth-order valence-electron chi connectivity index (χ4n) is 2.51. The SMILES string of the molecule is COC1(CNc2c(C)c(C)nc3ncnn23)CCC1. The van der Waals surface area contributed by atoms with E-state index in [0.29, 0.717) is 5.78 Å². The summed E-state index contributed by atoms with van der Waals surface area (Å²) < 4.78 is 7.39. The Morgan fingerprint density at radius 1 is 1.42 bits per heavy atom. The van der Waals surface area contributed by atoms with Gasteiger partial charge in [-0.3, -0.25) is 0 Å². The quantitative estimate of drug-likeness (QED) is 0.908. The van der Waals surface area contributed by atoms with E-state index in [1.165, 1.54) is 12.7 Å². The fourth-order valence-corrected chi connectivity index (χ4v) is 2.51. The zero-order valence-corrected chi connectivity index (χ0v) is 11.6. The minimum absolute atomic E-state index is 0.0173. The third-order valence-corrected chi connectivity index (χ3v) is 4.18. The van der Waals surface area contributed by atoms with E-state index < -0.39 is 0 Å². The topological polar surface area (TPSA) is 64.3 Å². The maximum absolute atomic E-state index is 5.64. The van der Waals surface area contributed by atoms with Gasteiger partial charge in [0, 0.05) is 24.9 Å². The van der Waals surface area contributed by atoms with Gasteiger partial charge in [0.25, 0.3) is 5.78 Å². The van der Waals surface area contributed by atoms with Crippen molar-refractivity contribution < 1.29 is 4.74 Å². The standard InChI is InChI=1S/C13H19N5O/c1-9-10(2)17-12-15-8-16-18(12)11(9)14-7-13(19-3)5-4-6-13/h8,14H,4-7H2,1-3H3. The summed E-state index contributed by atoms with van der Waals surface area (Å²) in [5.41, 5.74) is 2.06. The summed E-state index contributed by atoms with van der Waals surface area (Å²) in [5, 5.41) is 7.70. The van der Waals surface area contributed by atoms with Crippen LogP contribution >= 0.6 is 0 Å². The van der Waals surface area contributed by atoms with Crippen LogP contribution in [-0.4, -0.2) is 38.8 Å². The van der Waals surface area contributed by atoms with Crippen molar-refractivity contribution in [2.45, 2.75) is 38.7 Å².